The van der Waals surface area contributed by atoms with Gasteiger partial charge in [-0.05, 0) is 55.2 Å². The minimum Gasteiger partial charge on any atom is -0.351 e. The van der Waals surface area contributed by atoms with E-state index in [0.29, 0.717) is 30.1 Å². The van der Waals surface area contributed by atoms with Gasteiger partial charge in [0, 0.05) is 16.7 Å². The first kappa shape index (κ1) is 24.8. The quantitative estimate of drug-likeness (QED) is 0.312. The van der Waals surface area contributed by atoms with Crippen molar-refractivity contribution in [2.24, 2.45) is 0 Å². The summed E-state index contributed by atoms with van der Waals surface area (Å²) in [5.41, 5.74) is 3.75. The highest BCUT2D eigenvalue weighted by Crippen LogP contribution is 2.42. The molecule has 4 rings (SSSR count). The zero-order valence-corrected chi connectivity index (χ0v) is 21.6. The molecule has 1 fully saturated rings. The zero-order valence-electron chi connectivity index (χ0n) is 19.2. The topological polar surface area (TPSA) is 73.2 Å². The van der Waals surface area contributed by atoms with E-state index in [1.807, 2.05) is 85.8 Å². The molecule has 3 aromatic carbocycles. The van der Waals surface area contributed by atoms with Crippen LogP contribution in [0.4, 0.5) is 5.69 Å². The van der Waals surface area contributed by atoms with E-state index in [2.05, 4.69) is 27.3 Å². The fourth-order valence-electron chi connectivity index (χ4n) is 3.85. The van der Waals surface area contributed by atoms with E-state index in [-0.39, 0.29) is 11.5 Å². The molecule has 1 saturated heterocycles. The van der Waals surface area contributed by atoms with Crippen LogP contribution in [0.2, 0.25) is 0 Å². The normalized spacial score (nSPS) is 16.7. The van der Waals surface area contributed by atoms with Crippen molar-refractivity contribution < 1.29 is 9.59 Å². The number of nitrogens with zero attached hydrogens (tertiary/aromatic N) is 2. The predicted molar refractivity (Wildman–Crippen MR) is 144 cm³/mol. The summed E-state index contributed by atoms with van der Waals surface area (Å²) in [6.45, 7) is 2.37. The third-order valence-electron chi connectivity index (χ3n) is 5.65. The molecule has 0 aromatic heterocycles. The highest BCUT2D eigenvalue weighted by atomic mass is 79.9. The number of nitriles is 1. The van der Waals surface area contributed by atoms with Crippen LogP contribution in [0, 0.1) is 18.3 Å². The summed E-state index contributed by atoms with van der Waals surface area (Å²) in [6, 6.07) is 27.2. The number of thioether (sulfide) groups is 1. The predicted octanol–water partition coefficient (Wildman–Crippen LogP) is 5.54. The van der Waals surface area contributed by atoms with Crippen molar-refractivity contribution in [1.82, 2.24) is 5.32 Å². The van der Waals surface area contributed by atoms with E-state index in [0.717, 1.165) is 21.2 Å². The Morgan fingerprint density at radius 3 is 2.46 bits per heavy atom. The van der Waals surface area contributed by atoms with Gasteiger partial charge < -0.3 is 5.32 Å². The summed E-state index contributed by atoms with van der Waals surface area (Å²) in [5.74, 6) is -0.613. The van der Waals surface area contributed by atoms with Crippen LogP contribution < -0.4 is 10.2 Å². The Labute approximate surface area is 218 Å². The molecule has 176 valence electrons. The fourth-order valence-corrected chi connectivity index (χ4v) is 5.60. The molecular weight excluding hydrogens is 522 g/mol. The Balaban J connectivity index is 1.62. The van der Waals surface area contributed by atoms with E-state index in [4.69, 9.17) is 0 Å². The minimum atomic E-state index is -0.473. The molecule has 1 N–H and O–H groups in total. The van der Waals surface area contributed by atoms with Gasteiger partial charge in [-0.1, -0.05) is 87.9 Å². The number of amides is 2. The lowest BCUT2D eigenvalue weighted by Gasteiger charge is -2.19. The van der Waals surface area contributed by atoms with Gasteiger partial charge in [-0.15, -0.1) is 0 Å². The Hall–Kier alpha value is -3.34. The van der Waals surface area contributed by atoms with Crippen LogP contribution >= 0.6 is 27.7 Å². The zero-order chi connectivity index (χ0) is 24.8. The standard InChI is InChI=1S/C28H24BrN3O2S/c1-19-10-12-23(13-11-19)32-27(34)25(17-21-8-5-9-22(29)16-21)35-28(32)24(18-30)26(33)31-15-14-20-6-3-2-4-7-20/h2-13,16,25H,14-15,17H2,1H3,(H,31,33)/b28-24-. The SMILES string of the molecule is Cc1ccc(N2C(=O)C(Cc3cccc(Br)c3)S/C2=C(/C#N)C(=O)NCCc2ccccc2)cc1. The number of anilines is 1. The number of nitrogens with one attached hydrogen (secondary N) is 1. The minimum absolute atomic E-state index is 0.0475. The second-order valence-corrected chi connectivity index (χ2v) is 10.3. The van der Waals surface area contributed by atoms with Crippen LogP contribution in [0.25, 0.3) is 0 Å². The molecular formula is C28H24BrN3O2S. The first-order chi connectivity index (χ1) is 17.0. The van der Waals surface area contributed by atoms with Crippen molar-refractivity contribution in [2.75, 3.05) is 11.4 Å². The molecule has 0 aliphatic carbocycles. The number of hydrogen-bond acceptors (Lipinski definition) is 4. The molecule has 0 radical (unpaired) electrons. The molecule has 0 spiro atoms. The van der Waals surface area contributed by atoms with Gasteiger partial charge in [0.15, 0.2) is 0 Å². The van der Waals surface area contributed by atoms with Crippen molar-refractivity contribution in [2.45, 2.75) is 25.0 Å². The maximum absolute atomic E-state index is 13.6. The second-order valence-electron chi connectivity index (χ2n) is 8.23. The second kappa shape index (κ2) is 11.4. The van der Waals surface area contributed by atoms with E-state index in [1.165, 1.54) is 16.7 Å². The van der Waals surface area contributed by atoms with E-state index in [1.54, 1.807) is 0 Å². The van der Waals surface area contributed by atoms with Crippen LogP contribution in [0.1, 0.15) is 16.7 Å². The Morgan fingerprint density at radius 1 is 1.06 bits per heavy atom. The fraction of sp³-hybridized carbons (Fsp3) is 0.179. The van der Waals surface area contributed by atoms with E-state index < -0.39 is 11.2 Å². The van der Waals surface area contributed by atoms with Crippen molar-refractivity contribution in [1.29, 1.82) is 5.26 Å². The average Bonchev–Trinajstić information content (AvgIpc) is 3.16. The maximum Gasteiger partial charge on any atom is 0.264 e. The van der Waals surface area contributed by atoms with Crippen molar-refractivity contribution >= 4 is 45.2 Å². The number of carbonyl (C=O) groups is 2. The van der Waals surface area contributed by atoms with Crippen LogP contribution in [0.5, 0.6) is 0 Å². The van der Waals surface area contributed by atoms with Gasteiger partial charge in [0.25, 0.3) is 5.91 Å². The van der Waals surface area contributed by atoms with Crippen LogP contribution in [0.3, 0.4) is 0 Å². The highest BCUT2D eigenvalue weighted by Gasteiger charge is 2.40. The largest absolute Gasteiger partial charge is 0.351 e. The summed E-state index contributed by atoms with van der Waals surface area (Å²) < 4.78 is 0.937. The molecule has 3 aromatic rings. The Morgan fingerprint density at radius 2 is 1.77 bits per heavy atom. The Bertz CT molecular complexity index is 1300. The monoisotopic (exact) mass is 545 g/mol. The molecule has 1 heterocycles. The first-order valence-corrected chi connectivity index (χ1v) is 12.9. The third-order valence-corrected chi connectivity index (χ3v) is 7.41. The first-order valence-electron chi connectivity index (χ1n) is 11.2. The number of hydrogen-bond donors (Lipinski definition) is 1. The molecule has 5 nitrogen and oxygen atoms in total. The lowest BCUT2D eigenvalue weighted by molar-refractivity contribution is -0.117. The summed E-state index contributed by atoms with van der Waals surface area (Å²) in [6.07, 6.45) is 1.14. The molecule has 35 heavy (non-hydrogen) atoms. The van der Waals surface area contributed by atoms with Crippen molar-refractivity contribution in [3.8, 4) is 6.07 Å². The maximum atomic E-state index is 13.6. The van der Waals surface area contributed by atoms with Gasteiger partial charge in [-0.25, -0.2) is 0 Å². The summed E-state index contributed by atoms with van der Waals surface area (Å²) >= 11 is 4.76. The molecule has 1 aliphatic rings. The number of benzene rings is 3. The third kappa shape index (κ3) is 6.02. The molecule has 7 heteroatoms. The van der Waals surface area contributed by atoms with Gasteiger partial charge in [0.2, 0.25) is 5.91 Å². The molecule has 1 unspecified atom stereocenters. The number of aryl methyl sites for hydroxylation is 1. The summed E-state index contributed by atoms with van der Waals surface area (Å²) in [7, 11) is 0. The smallest absolute Gasteiger partial charge is 0.264 e. The summed E-state index contributed by atoms with van der Waals surface area (Å²) in [4.78, 5) is 28.1. The summed E-state index contributed by atoms with van der Waals surface area (Å²) in [5, 5.41) is 12.7. The van der Waals surface area contributed by atoms with Gasteiger partial charge in [0.1, 0.15) is 16.7 Å². The number of rotatable bonds is 7. The van der Waals surface area contributed by atoms with E-state index in [9.17, 15) is 14.9 Å². The highest BCUT2D eigenvalue weighted by molar-refractivity contribution is 9.10. The number of carbonyl (C=O) groups excluding carboxylic acids is 2. The molecule has 1 aliphatic heterocycles. The lowest BCUT2D eigenvalue weighted by Crippen LogP contribution is -2.32. The Kier molecular flexibility index (Phi) is 8.06. The van der Waals surface area contributed by atoms with Gasteiger partial charge in [-0.2, -0.15) is 5.26 Å². The van der Waals surface area contributed by atoms with Gasteiger partial charge in [-0.3, -0.25) is 14.5 Å². The van der Waals surface area contributed by atoms with Crippen LogP contribution in [0.15, 0.2) is 93.9 Å². The molecule has 2 amide bonds. The molecule has 0 saturated carbocycles. The number of halogens is 1. The lowest BCUT2D eigenvalue weighted by atomic mass is 10.1. The average molecular weight is 546 g/mol. The van der Waals surface area contributed by atoms with Gasteiger partial charge in [0.05, 0.1) is 5.25 Å². The van der Waals surface area contributed by atoms with Crippen LogP contribution in [-0.2, 0) is 22.4 Å². The van der Waals surface area contributed by atoms with E-state index >= 15 is 0 Å². The van der Waals surface area contributed by atoms with Crippen LogP contribution in [-0.4, -0.2) is 23.6 Å². The van der Waals surface area contributed by atoms with Gasteiger partial charge >= 0.3 is 0 Å². The molecule has 0 bridgehead atoms. The molecule has 1 atom stereocenters. The van der Waals surface area contributed by atoms with Crippen molar-refractivity contribution in [3.63, 3.8) is 0 Å². The van der Waals surface area contributed by atoms with Crippen molar-refractivity contribution in [3.05, 3.63) is 111 Å².